The Balaban J connectivity index is 1.65. The highest BCUT2D eigenvalue weighted by molar-refractivity contribution is 14.1. The normalized spacial score (nSPS) is 20.2. The maximum Gasteiger partial charge on any atom is 0.174 e. The van der Waals surface area contributed by atoms with Crippen molar-refractivity contribution in [3.8, 4) is 11.5 Å². The van der Waals surface area contributed by atoms with E-state index in [1.54, 1.807) is 7.11 Å². The molecule has 0 saturated heterocycles. The summed E-state index contributed by atoms with van der Waals surface area (Å²) < 4.78 is 13.1. The molecule has 0 spiro atoms. The minimum absolute atomic E-state index is 0.126. The van der Waals surface area contributed by atoms with Gasteiger partial charge < -0.3 is 14.4 Å². The third kappa shape index (κ3) is 5.86. The molecule has 1 heterocycles. The molecule has 0 unspecified atom stereocenters. The van der Waals surface area contributed by atoms with Crippen LogP contribution in [0.25, 0.3) is 0 Å². The first-order valence-corrected chi connectivity index (χ1v) is 15.8. The van der Waals surface area contributed by atoms with Crippen molar-refractivity contribution in [1.29, 1.82) is 0 Å². The number of ether oxygens (including phenoxy) is 2. The Bertz CT molecular complexity index is 1390. The third-order valence-electron chi connectivity index (χ3n) is 8.56. The van der Waals surface area contributed by atoms with E-state index in [2.05, 4.69) is 99.4 Å². The molecule has 5 nitrogen and oxygen atoms in total. The topological polar surface area (TPSA) is 55.8 Å². The summed E-state index contributed by atoms with van der Waals surface area (Å²) >= 11 is 2.30. The van der Waals surface area contributed by atoms with Gasteiger partial charge in [0.2, 0.25) is 0 Å². The number of carbonyl (C=O) groups is 2. The summed E-state index contributed by atoms with van der Waals surface area (Å²) in [6.45, 7) is 14.2. The Morgan fingerprint density at radius 2 is 1.46 bits per heavy atom. The van der Waals surface area contributed by atoms with Gasteiger partial charge in [-0.15, -0.1) is 0 Å². The lowest BCUT2D eigenvalue weighted by molar-refractivity contribution is -0.119. The molecule has 2 aromatic rings. The summed E-state index contributed by atoms with van der Waals surface area (Å²) in [5.74, 6) is 1.21. The van der Waals surface area contributed by atoms with Crippen molar-refractivity contribution in [2.24, 2.45) is 10.8 Å². The smallest absolute Gasteiger partial charge is 0.174 e. The first kappa shape index (κ1) is 29.9. The molecule has 0 radical (unpaired) electrons. The molecule has 218 valence electrons. The third-order valence-corrected chi connectivity index (χ3v) is 9.36. The van der Waals surface area contributed by atoms with Crippen LogP contribution in [0.2, 0.25) is 0 Å². The van der Waals surface area contributed by atoms with E-state index in [1.165, 1.54) is 5.56 Å². The fourth-order valence-corrected chi connectivity index (χ4v) is 7.54. The van der Waals surface area contributed by atoms with Gasteiger partial charge in [0.1, 0.15) is 6.61 Å². The number of aryl methyl sites for hydroxylation is 1. The molecule has 5 rings (SSSR count). The molecule has 2 aromatic carbocycles. The van der Waals surface area contributed by atoms with Crippen molar-refractivity contribution in [1.82, 2.24) is 4.90 Å². The van der Waals surface area contributed by atoms with Gasteiger partial charge in [0.05, 0.1) is 10.7 Å². The number of carbonyl (C=O) groups excluding carboxylic acids is 2. The molecule has 2 aliphatic carbocycles. The molecule has 3 aliphatic rings. The zero-order chi connectivity index (χ0) is 29.7. The fourth-order valence-electron chi connectivity index (χ4n) is 6.76. The summed E-state index contributed by atoms with van der Waals surface area (Å²) in [7, 11) is 1.65. The molecule has 0 bridgehead atoms. The van der Waals surface area contributed by atoms with Crippen LogP contribution in [0.5, 0.6) is 11.5 Å². The molecular formula is C35H42INO4. The second-order valence-electron chi connectivity index (χ2n) is 13.5. The summed E-state index contributed by atoms with van der Waals surface area (Å²) in [4.78, 5) is 30.3. The Morgan fingerprint density at radius 3 is 1.98 bits per heavy atom. The average Bonchev–Trinajstić information content (AvgIpc) is 2.88. The molecule has 0 atom stereocenters. The number of halogens is 1. The van der Waals surface area contributed by atoms with Crippen molar-refractivity contribution in [2.45, 2.75) is 86.2 Å². The summed E-state index contributed by atoms with van der Waals surface area (Å²) in [5, 5.41) is 0. The largest absolute Gasteiger partial charge is 0.493 e. The van der Waals surface area contributed by atoms with E-state index in [4.69, 9.17) is 9.47 Å². The van der Waals surface area contributed by atoms with Crippen LogP contribution in [0.1, 0.15) is 89.3 Å². The molecule has 0 saturated carbocycles. The van der Waals surface area contributed by atoms with Gasteiger partial charge >= 0.3 is 0 Å². The highest BCUT2D eigenvalue weighted by Gasteiger charge is 2.49. The van der Waals surface area contributed by atoms with Crippen molar-refractivity contribution in [3.05, 3.63) is 79.2 Å². The molecule has 41 heavy (non-hydrogen) atoms. The number of nitrogens with zero attached hydrogens (tertiary/aromatic N) is 1. The van der Waals surface area contributed by atoms with E-state index in [0.717, 1.165) is 63.0 Å². The lowest BCUT2D eigenvalue weighted by Crippen LogP contribution is -2.44. The molecule has 6 heteroatoms. The maximum absolute atomic E-state index is 14.0. The van der Waals surface area contributed by atoms with Crippen LogP contribution in [0.15, 0.2) is 58.9 Å². The second-order valence-corrected chi connectivity index (χ2v) is 14.7. The number of ketones is 2. The van der Waals surface area contributed by atoms with Crippen molar-refractivity contribution in [2.75, 3.05) is 13.7 Å². The SMILES string of the molecule is CCCN1C2=C(C(=O)CC(C)(C)C2)C(c2cc(I)c(OCc3ccc(C)cc3)c(OC)c2)C2=C1CC(C)(C)CC2=O. The zero-order valence-corrected chi connectivity index (χ0v) is 27.6. The minimum Gasteiger partial charge on any atom is -0.493 e. The Labute approximate surface area is 258 Å². The van der Waals surface area contributed by atoms with Crippen LogP contribution in [0, 0.1) is 21.3 Å². The number of rotatable bonds is 7. The fraction of sp³-hybridized carbons (Fsp3) is 0.486. The minimum atomic E-state index is -0.395. The summed E-state index contributed by atoms with van der Waals surface area (Å²) in [6.07, 6.45) is 3.55. The van der Waals surface area contributed by atoms with Crippen molar-refractivity contribution < 1.29 is 19.1 Å². The van der Waals surface area contributed by atoms with Gasteiger partial charge in [-0.3, -0.25) is 9.59 Å². The molecule has 0 aromatic heterocycles. The Kier molecular flexibility index (Phi) is 8.18. The second kappa shape index (κ2) is 11.2. The average molecular weight is 668 g/mol. The predicted molar refractivity (Wildman–Crippen MR) is 171 cm³/mol. The lowest BCUT2D eigenvalue weighted by Gasteiger charge is -2.49. The number of Topliss-reactive ketones (excluding diaryl/α,β-unsaturated/α-hetero) is 2. The molecule has 0 amide bonds. The lowest BCUT2D eigenvalue weighted by atomic mass is 9.63. The van der Waals surface area contributed by atoms with Crippen molar-refractivity contribution >= 4 is 34.2 Å². The van der Waals surface area contributed by atoms with Gasteiger partial charge in [-0.25, -0.2) is 0 Å². The van der Waals surface area contributed by atoms with Crippen molar-refractivity contribution in [3.63, 3.8) is 0 Å². The highest BCUT2D eigenvalue weighted by atomic mass is 127. The quantitative estimate of drug-likeness (QED) is 0.278. The monoisotopic (exact) mass is 667 g/mol. The van der Waals surface area contributed by atoms with Gasteiger partial charge in [0.15, 0.2) is 23.1 Å². The van der Waals surface area contributed by atoms with Crippen LogP contribution in [-0.4, -0.2) is 30.1 Å². The molecular weight excluding hydrogens is 625 g/mol. The van der Waals surface area contributed by atoms with Crippen LogP contribution in [0.4, 0.5) is 0 Å². The number of allylic oxidation sites excluding steroid dienone is 4. The number of hydrogen-bond donors (Lipinski definition) is 0. The van der Waals surface area contributed by atoms with Crippen LogP contribution in [0.3, 0.4) is 0 Å². The standard InChI is InChI=1S/C35H42INO4/c1-8-13-37-25-16-34(3,4)18-27(38)31(25)30(32-26(37)17-35(5,6)19-28(32)39)23-14-24(36)33(29(15-23)40-7)41-20-22-11-9-21(2)10-12-22/h9-12,14-15,30H,8,13,16-20H2,1-7H3. The molecule has 0 N–H and O–H groups in total. The van der Waals surface area contributed by atoms with Gasteiger partial charge in [-0.1, -0.05) is 64.4 Å². The van der Waals surface area contributed by atoms with Gasteiger partial charge in [-0.2, -0.15) is 0 Å². The van der Waals surface area contributed by atoms with E-state index >= 15 is 0 Å². The zero-order valence-electron chi connectivity index (χ0n) is 25.4. The van der Waals surface area contributed by atoms with Crippen LogP contribution < -0.4 is 9.47 Å². The van der Waals surface area contributed by atoms with Gasteiger partial charge in [0, 0.05) is 47.8 Å². The Morgan fingerprint density at radius 1 is 0.902 bits per heavy atom. The van der Waals surface area contributed by atoms with Crippen LogP contribution in [-0.2, 0) is 16.2 Å². The first-order chi connectivity index (χ1) is 19.3. The number of benzene rings is 2. The molecule has 0 fully saturated rings. The summed E-state index contributed by atoms with van der Waals surface area (Å²) in [5.41, 5.74) is 6.77. The van der Waals surface area contributed by atoms with Gasteiger partial charge in [-0.05, 0) is 82.9 Å². The van der Waals surface area contributed by atoms with E-state index in [0.29, 0.717) is 30.9 Å². The Hall–Kier alpha value is -2.61. The predicted octanol–water partition coefficient (Wildman–Crippen LogP) is 8.28. The first-order valence-electron chi connectivity index (χ1n) is 14.7. The number of methoxy groups -OCH3 is 1. The number of hydrogen-bond acceptors (Lipinski definition) is 5. The maximum atomic E-state index is 14.0. The van der Waals surface area contributed by atoms with E-state index in [1.807, 2.05) is 6.07 Å². The summed E-state index contributed by atoms with van der Waals surface area (Å²) in [6, 6.07) is 12.4. The van der Waals surface area contributed by atoms with Crippen LogP contribution >= 0.6 is 22.6 Å². The van der Waals surface area contributed by atoms with E-state index < -0.39 is 5.92 Å². The highest BCUT2D eigenvalue weighted by Crippen LogP contribution is 2.55. The molecule has 1 aliphatic heterocycles. The van der Waals surface area contributed by atoms with E-state index in [-0.39, 0.29) is 22.4 Å². The van der Waals surface area contributed by atoms with Gasteiger partial charge in [0.25, 0.3) is 0 Å². The van der Waals surface area contributed by atoms with E-state index in [9.17, 15) is 9.59 Å².